The zero-order valence-corrected chi connectivity index (χ0v) is 16.7. The molecule has 0 saturated carbocycles. The van der Waals surface area contributed by atoms with Crippen molar-refractivity contribution in [1.29, 1.82) is 0 Å². The maximum atomic E-state index is 12.2. The van der Waals surface area contributed by atoms with Gasteiger partial charge in [-0.15, -0.1) is 0 Å². The highest BCUT2D eigenvalue weighted by atomic mass is 16.5. The first-order chi connectivity index (χ1) is 14.6. The van der Waals surface area contributed by atoms with Gasteiger partial charge in [0.25, 0.3) is 0 Å². The van der Waals surface area contributed by atoms with Crippen LogP contribution in [0.2, 0.25) is 0 Å². The van der Waals surface area contributed by atoms with Crippen molar-refractivity contribution in [3.05, 3.63) is 102 Å². The fourth-order valence-corrected chi connectivity index (χ4v) is 2.71. The minimum Gasteiger partial charge on any atom is -0.489 e. The Bertz CT molecular complexity index is 1010. The van der Waals surface area contributed by atoms with Gasteiger partial charge in [0.1, 0.15) is 12.4 Å². The Morgan fingerprint density at radius 2 is 1.70 bits per heavy atom. The summed E-state index contributed by atoms with van der Waals surface area (Å²) in [7, 11) is 0. The molecule has 0 aromatic heterocycles. The van der Waals surface area contributed by atoms with Gasteiger partial charge in [0.2, 0.25) is 5.91 Å². The minimum absolute atomic E-state index is 0.269. The SMILES string of the molecule is CCOC(=O)c1ccc(NC(=O)/C=C/c2cccc(OCc3ccccc3)c2)cc1. The Morgan fingerprint density at radius 1 is 0.933 bits per heavy atom. The van der Waals surface area contributed by atoms with Crippen LogP contribution < -0.4 is 10.1 Å². The zero-order chi connectivity index (χ0) is 21.2. The van der Waals surface area contributed by atoms with Crippen molar-refractivity contribution in [2.24, 2.45) is 0 Å². The van der Waals surface area contributed by atoms with Gasteiger partial charge in [0.15, 0.2) is 0 Å². The number of hydrogen-bond acceptors (Lipinski definition) is 4. The van der Waals surface area contributed by atoms with Gasteiger partial charge in [-0.2, -0.15) is 0 Å². The lowest BCUT2D eigenvalue weighted by molar-refractivity contribution is -0.111. The van der Waals surface area contributed by atoms with E-state index in [2.05, 4.69) is 5.32 Å². The minimum atomic E-state index is -0.385. The molecule has 0 aliphatic heterocycles. The van der Waals surface area contributed by atoms with E-state index in [-0.39, 0.29) is 11.9 Å². The van der Waals surface area contributed by atoms with Crippen LogP contribution in [0, 0.1) is 0 Å². The molecule has 0 unspecified atom stereocenters. The molecule has 0 heterocycles. The average molecular weight is 401 g/mol. The Labute approximate surface area is 176 Å². The van der Waals surface area contributed by atoms with Gasteiger partial charge in [-0.3, -0.25) is 4.79 Å². The highest BCUT2D eigenvalue weighted by Gasteiger charge is 2.06. The van der Waals surface area contributed by atoms with Gasteiger partial charge in [-0.1, -0.05) is 42.5 Å². The molecule has 30 heavy (non-hydrogen) atoms. The van der Waals surface area contributed by atoms with Crippen LogP contribution in [0.25, 0.3) is 6.08 Å². The molecule has 0 fully saturated rings. The summed E-state index contributed by atoms with van der Waals surface area (Å²) in [6, 6.07) is 24.0. The predicted octanol–water partition coefficient (Wildman–Crippen LogP) is 5.09. The Hall–Kier alpha value is -3.86. The van der Waals surface area contributed by atoms with Crippen molar-refractivity contribution in [1.82, 2.24) is 0 Å². The number of benzene rings is 3. The second-order valence-corrected chi connectivity index (χ2v) is 6.47. The van der Waals surface area contributed by atoms with E-state index >= 15 is 0 Å². The second kappa shape index (κ2) is 10.6. The molecule has 0 saturated heterocycles. The van der Waals surface area contributed by atoms with E-state index in [9.17, 15) is 9.59 Å². The fraction of sp³-hybridized carbons (Fsp3) is 0.120. The summed E-state index contributed by atoms with van der Waals surface area (Å²) in [5.41, 5.74) is 2.98. The maximum Gasteiger partial charge on any atom is 0.338 e. The number of hydrogen-bond donors (Lipinski definition) is 1. The van der Waals surface area contributed by atoms with Crippen LogP contribution in [0.5, 0.6) is 5.75 Å². The first kappa shape index (κ1) is 20.9. The number of nitrogens with one attached hydrogen (secondary N) is 1. The monoisotopic (exact) mass is 401 g/mol. The van der Waals surface area contributed by atoms with E-state index in [1.54, 1.807) is 37.3 Å². The van der Waals surface area contributed by atoms with Crippen molar-refractivity contribution in [2.75, 3.05) is 11.9 Å². The summed E-state index contributed by atoms with van der Waals surface area (Å²) in [6.45, 7) is 2.56. The Morgan fingerprint density at radius 3 is 2.43 bits per heavy atom. The molecule has 0 bridgehead atoms. The third-order valence-corrected chi connectivity index (χ3v) is 4.20. The number of ether oxygens (including phenoxy) is 2. The molecule has 3 aromatic rings. The molecule has 0 spiro atoms. The van der Waals surface area contributed by atoms with Crippen LogP contribution >= 0.6 is 0 Å². The van der Waals surface area contributed by atoms with Crippen LogP contribution in [-0.2, 0) is 16.1 Å². The topological polar surface area (TPSA) is 64.6 Å². The molecule has 3 aromatic carbocycles. The van der Waals surface area contributed by atoms with E-state index < -0.39 is 0 Å². The third kappa shape index (κ3) is 6.34. The lowest BCUT2D eigenvalue weighted by Crippen LogP contribution is -2.08. The van der Waals surface area contributed by atoms with Crippen molar-refractivity contribution < 1.29 is 19.1 Å². The molecule has 3 rings (SSSR count). The van der Waals surface area contributed by atoms with E-state index in [1.807, 2.05) is 54.6 Å². The number of esters is 1. The van der Waals surface area contributed by atoms with Crippen LogP contribution in [-0.4, -0.2) is 18.5 Å². The maximum absolute atomic E-state index is 12.2. The van der Waals surface area contributed by atoms with E-state index in [0.29, 0.717) is 24.5 Å². The molecule has 5 nitrogen and oxygen atoms in total. The van der Waals surface area contributed by atoms with E-state index in [4.69, 9.17) is 9.47 Å². The molecule has 5 heteroatoms. The van der Waals surface area contributed by atoms with Crippen molar-refractivity contribution in [3.8, 4) is 5.75 Å². The van der Waals surface area contributed by atoms with Gasteiger partial charge < -0.3 is 14.8 Å². The highest BCUT2D eigenvalue weighted by molar-refractivity contribution is 6.02. The molecule has 1 N–H and O–H groups in total. The molecule has 1 amide bonds. The van der Waals surface area contributed by atoms with Crippen LogP contribution in [0.4, 0.5) is 5.69 Å². The predicted molar refractivity (Wildman–Crippen MR) is 117 cm³/mol. The summed E-state index contributed by atoms with van der Waals surface area (Å²) >= 11 is 0. The highest BCUT2D eigenvalue weighted by Crippen LogP contribution is 2.17. The van der Waals surface area contributed by atoms with Gasteiger partial charge in [0, 0.05) is 11.8 Å². The summed E-state index contributed by atoms with van der Waals surface area (Å²) in [5, 5.41) is 2.76. The van der Waals surface area contributed by atoms with Gasteiger partial charge in [0.05, 0.1) is 12.2 Å². The first-order valence-corrected chi connectivity index (χ1v) is 9.67. The standard InChI is InChI=1S/C25H23NO4/c1-2-29-25(28)21-12-14-22(15-13-21)26-24(27)16-11-19-9-6-10-23(17-19)30-18-20-7-4-3-5-8-20/h3-17H,2,18H2,1H3,(H,26,27)/b16-11+. The van der Waals surface area contributed by atoms with Crippen molar-refractivity contribution in [2.45, 2.75) is 13.5 Å². The summed E-state index contributed by atoms with van der Waals surface area (Å²) in [4.78, 5) is 23.8. The quantitative estimate of drug-likeness (QED) is 0.422. The Balaban J connectivity index is 1.55. The largest absolute Gasteiger partial charge is 0.489 e. The summed E-state index contributed by atoms with van der Waals surface area (Å²) in [5.74, 6) is 0.0788. The van der Waals surface area contributed by atoms with E-state index in [0.717, 1.165) is 16.9 Å². The second-order valence-electron chi connectivity index (χ2n) is 6.47. The van der Waals surface area contributed by atoms with Gasteiger partial charge in [-0.05, 0) is 60.5 Å². The van der Waals surface area contributed by atoms with Crippen LogP contribution in [0.3, 0.4) is 0 Å². The summed E-state index contributed by atoms with van der Waals surface area (Å²) in [6.07, 6.45) is 3.17. The third-order valence-electron chi connectivity index (χ3n) is 4.20. The van der Waals surface area contributed by atoms with Crippen molar-refractivity contribution >= 4 is 23.6 Å². The number of amides is 1. The molecule has 0 atom stereocenters. The zero-order valence-electron chi connectivity index (χ0n) is 16.7. The van der Waals surface area contributed by atoms with Crippen LogP contribution in [0.15, 0.2) is 84.9 Å². The normalized spacial score (nSPS) is 10.6. The van der Waals surface area contributed by atoms with Crippen LogP contribution in [0.1, 0.15) is 28.4 Å². The smallest absolute Gasteiger partial charge is 0.338 e. The molecule has 0 radical (unpaired) electrons. The molecule has 0 aliphatic carbocycles. The average Bonchev–Trinajstić information content (AvgIpc) is 2.78. The number of rotatable bonds is 8. The number of carbonyl (C=O) groups excluding carboxylic acids is 2. The molecule has 0 aliphatic rings. The van der Waals surface area contributed by atoms with Crippen molar-refractivity contribution in [3.63, 3.8) is 0 Å². The van der Waals surface area contributed by atoms with Gasteiger partial charge >= 0.3 is 5.97 Å². The molecular formula is C25H23NO4. The number of carbonyl (C=O) groups is 2. The molecule has 152 valence electrons. The first-order valence-electron chi connectivity index (χ1n) is 9.67. The lowest BCUT2D eigenvalue weighted by atomic mass is 10.2. The molecular weight excluding hydrogens is 378 g/mol. The fourth-order valence-electron chi connectivity index (χ4n) is 2.71. The Kier molecular flexibility index (Phi) is 7.39. The summed E-state index contributed by atoms with van der Waals surface area (Å²) < 4.78 is 10.8. The lowest BCUT2D eigenvalue weighted by Gasteiger charge is -2.07. The van der Waals surface area contributed by atoms with E-state index in [1.165, 1.54) is 6.08 Å². The number of anilines is 1. The van der Waals surface area contributed by atoms with Gasteiger partial charge in [-0.25, -0.2) is 4.79 Å².